The number of benzene rings is 3. The molecule has 2 heterocycles. The van der Waals surface area contributed by atoms with Gasteiger partial charge in [-0.05, 0) is 66.9 Å². The second kappa shape index (κ2) is 12.1. The average Bonchev–Trinajstić information content (AvgIpc) is 3.37. The first-order chi connectivity index (χ1) is 20.7. The van der Waals surface area contributed by atoms with Gasteiger partial charge < -0.3 is 20.9 Å². The molecular formula is C32H31N7O4. The van der Waals surface area contributed by atoms with E-state index in [0.717, 1.165) is 27.9 Å². The molecule has 1 amide bonds. The Morgan fingerprint density at radius 2 is 1.81 bits per heavy atom. The first kappa shape index (κ1) is 28.9. The minimum atomic E-state index is -1.12. The number of nitrogen functional groups attached to an aromatic ring is 1. The fourth-order valence-electron chi connectivity index (χ4n) is 4.93. The Morgan fingerprint density at radius 1 is 1.02 bits per heavy atom. The molecule has 0 atom stereocenters. The summed E-state index contributed by atoms with van der Waals surface area (Å²) in [5.74, 6) is -1.08. The minimum Gasteiger partial charge on any atom is -0.497 e. The topological polar surface area (TPSA) is 169 Å². The Morgan fingerprint density at radius 3 is 2.49 bits per heavy atom. The van der Waals surface area contributed by atoms with Crippen LogP contribution in [0.5, 0.6) is 5.75 Å². The molecule has 0 fully saturated rings. The van der Waals surface area contributed by atoms with Crippen molar-refractivity contribution in [3.05, 3.63) is 106 Å². The van der Waals surface area contributed by atoms with Gasteiger partial charge in [0.05, 0.1) is 48.0 Å². The molecule has 218 valence electrons. The highest BCUT2D eigenvalue weighted by Gasteiger charge is 2.20. The molecule has 0 spiro atoms. The van der Waals surface area contributed by atoms with E-state index in [2.05, 4.69) is 15.3 Å². The van der Waals surface area contributed by atoms with Crippen LogP contribution in [0.3, 0.4) is 0 Å². The number of fused-ring (bicyclic) bond motifs is 1. The van der Waals surface area contributed by atoms with E-state index in [0.29, 0.717) is 46.7 Å². The molecule has 0 radical (unpaired) electrons. The highest BCUT2D eigenvalue weighted by molar-refractivity contribution is 6.01. The van der Waals surface area contributed by atoms with Crippen LogP contribution in [-0.2, 0) is 19.5 Å². The molecule has 0 aliphatic rings. The number of rotatable bonds is 10. The Balaban J connectivity index is 1.58. The van der Waals surface area contributed by atoms with Crippen LogP contribution >= 0.6 is 0 Å². The Bertz CT molecular complexity index is 1860. The van der Waals surface area contributed by atoms with E-state index in [1.165, 1.54) is 13.2 Å². The van der Waals surface area contributed by atoms with Gasteiger partial charge in [0.2, 0.25) is 0 Å². The smallest absolute Gasteiger partial charge is 0.336 e. The van der Waals surface area contributed by atoms with Crippen molar-refractivity contribution in [3.8, 4) is 16.9 Å². The van der Waals surface area contributed by atoms with Crippen LogP contribution in [0.15, 0.2) is 67.0 Å². The van der Waals surface area contributed by atoms with Crippen molar-refractivity contribution in [1.82, 2.24) is 25.1 Å². The van der Waals surface area contributed by atoms with Gasteiger partial charge in [0, 0.05) is 35.7 Å². The number of hydrogen-bond acceptors (Lipinski definition) is 7. The highest BCUT2D eigenvalue weighted by atomic mass is 16.5. The number of amidine groups is 1. The average molecular weight is 578 g/mol. The second-order valence-electron chi connectivity index (χ2n) is 10.0. The third-order valence-corrected chi connectivity index (χ3v) is 7.18. The molecule has 0 saturated heterocycles. The van der Waals surface area contributed by atoms with Crippen LogP contribution in [-0.4, -0.2) is 49.7 Å². The monoisotopic (exact) mass is 577 g/mol. The number of aryl methyl sites for hydroxylation is 2. The molecule has 5 N–H and O–H groups in total. The summed E-state index contributed by atoms with van der Waals surface area (Å²) in [4.78, 5) is 34.1. The lowest BCUT2D eigenvalue weighted by Crippen LogP contribution is -2.23. The van der Waals surface area contributed by atoms with Crippen LogP contribution in [0.4, 0.5) is 0 Å². The van der Waals surface area contributed by atoms with E-state index in [4.69, 9.17) is 21.0 Å². The van der Waals surface area contributed by atoms with Gasteiger partial charge >= 0.3 is 5.97 Å². The summed E-state index contributed by atoms with van der Waals surface area (Å²) in [7, 11) is 1.47. The van der Waals surface area contributed by atoms with Gasteiger partial charge in [0.25, 0.3) is 5.91 Å². The molecule has 11 heteroatoms. The number of nitrogens with zero attached hydrogens (tertiary/aromatic N) is 4. The summed E-state index contributed by atoms with van der Waals surface area (Å²) in [5.41, 5.74) is 11.6. The third kappa shape index (κ3) is 6.05. The molecule has 5 rings (SSSR count). The fraction of sp³-hybridized carbons (Fsp3) is 0.188. The van der Waals surface area contributed by atoms with E-state index in [1.54, 1.807) is 42.7 Å². The lowest BCUT2D eigenvalue weighted by molar-refractivity contribution is 0.0697. The van der Waals surface area contributed by atoms with E-state index in [-0.39, 0.29) is 23.9 Å². The zero-order valence-electron chi connectivity index (χ0n) is 24.0. The second-order valence-corrected chi connectivity index (χ2v) is 10.0. The lowest BCUT2D eigenvalue weighted by atomic mass is 9.90. The molecule has 0 bridgehead atoms. The zero-order valence-corrected chi connectivity index (χ0v) is 24.0. The maximum atomic E-state index is 13.2. The van der Waals surface area contributed by atoms with Crippen molar-refractivity contribution < 1.29 is 19.4 Å². The zero-order chi connectivity index (χ0) is 30.7. The normalized spacial score (nSPS) is 11.0. The number of ether oxygens (including phenoxy) is 1. The van der Waals surface area contributed by atoms with Crippen molar-refractivity contribution in [2.75, 3.05) is 7.11 Å². The predicted molar refractivity (Wildman–Crippen MR) is 163 cm³/mol. The summed E-state index contributed by atoms with van der Waals surface area (Å²) < 4.78 is 7.13. The van der Waals surface area contributed by atoms with Crippen LogP contribution in [0.2, 0.25) is 0 Å². The van der Waals surface area contributed by atoms with Gasteiger partial charge in [-0.1, -0.05) is 18.2 Å². The maximum absolute atomic E-state index is 13.2. The number of carbonyl (C=O) groups is 2. The number of amides is 1. The van der Waals surface area contributed by atoms with Crippen molar-refractivity contribution in [2.45, 2.75) is 33.4 Å². The maximum Gasteiger partial charge on any atom is 0.336 e. The summed E-state index contributed by atoms with van der Waals surface area (Å²) in [6, 6.07) is 15.6. The van der Waals surface area contributed by atoms with Crippen LogP contribution in [0, 0.1) is 12.3 Å². The Labute approximate surface area is 247 Å². The first-order valence-corrected chi connectivity index (χ1v) is 13.6. The predicted octanol–water partition coefficient (Wildman–Crippen LogP) is 4.33. The quantitative estimate of drug-likeness (QED) is 0.140. The molecule has 43 heavy (non-hydrogen) atoms. The summed E-state index contributed by atoms with van der Waals surface area (Å²) in [6.07, 6.45) is 3.61. The molecular weight excluding hydrogens is 546 g/mol. The summed E-state index contributed by atoms with van der Waals surface area (Å²) in [6.45, 7) is 4.61. The molecule has 0 saturated carbocycles. The lowest BCUT2D eigenvalue weighted by Gasteiger charge is -2.15. The number of carboxylic acid groups (broad SMARTS) is 1. The van der Waals surface area contributed by atoms with E-state index >= 15 is 0 Å². The molecule has 0 aliphatic heterocycles. The third-order valence-electron chi connectivity index (χ3n) is 7.18. The summed E-state index contributed by atoms with van der Waals surface area (Å²) >= 11 is 0. The SMILES string of the molecule is CCn1nc(Cc2ccc(C(=O)NCc3cnc(C)cn3)cc2-c2ccc(OC)cc2C(=O)O)c2ccc(C(=N)N)cc21. The molecule has 0 unspecified atom stereocenters. The highest BCUT2D eigenvalue weighted by Crippen LogP contribution is 2.33. The van der Waals surface area contributed by atoms with Crippen molar-refractivity contribution in [1.29, 1.82) is 5.41 Å². The van der Waals surface area contributed by atoms with Crippen molar-refractivity contribution in [3.63, 3.8) is 0 Å². The van der Waals surface area contributed by atoms with Gasteiger partial charge in [-0.15, -0.1) is 0 Å². The van der Waals surface area contributed by atoms with Gasteiger partial charge in [-0.25, -0.2) is 4.79 Å². The fourth-order valence-corrected chi connectivity index (χ4v) is 4.93. The first-order valence-electron chi connectivity index (χ1n) is 13.6. The largest absolute Gasteiger partial charge is 0.497 e. The molecule has 0 aliphatic carbocycles. The number of nitrogens with one attached hydrogen (secondary N) is 2. The van der Waals surface area contributed by atoms with E-state index in [1.807, 2.05) is 36.7 Å². The van der Waals surface area contributed by atoms with Crippen LogP contribution in [0.1, 0.15) is 55.8 Å². The summed E-state index contributed by atoms with van der Waals surface area (Å²) in [5, 5.41) is 26.5. The van der Waals surface area contributed by atoms with Crippen molar-refractivity contribution >= 4 is 28.6 Å². The number of methoxy groups -OCH3 is 1. The van der Waals surface area contributed by atoms with Crippen LogP contribution in [0.25, 0.3) is 22.0 Å². The number of carboxylic acids is 1. The number of aromatic nitrogens is 4. The van der Waals surface area contributed by atoms with Gasteiger partial charge in [-0.2, -0.15) is 5.10 Å². The standard InChI is InChI=1S/C32H31N7O4/c1-4-39-29-13-20(30(33)34)7-9-25(29)28(38-39)12-19-5-6-21(31(40)37-17-22-16-35-18(2)15-36-22)11-26(19)24-10-8-23(43-3)14-27(24)32(41)42/h5-11,13-16H,4,12,17H2,1-3H3,(H3,33,34)(H,37,40)(H,41,42). The molecule has 5 aromatic rings. The van der Waals surface area contributed by atoms with Gasteiger partial charge in [0.15, 0.2) is 0 Å². The molecule has 11 nitrogen and oxygen atoms in total. The number of aromatic carboxylic acids is 1. The number of carbonyl (C=O) groups excluding carboxylic acids is 1. The number of nitrogens with two attached hydrogens (primary N) is 1. The Kier molecular flexibility index (Phi) is 8.15. The number of hydrogen-bond donors (Lipinski definition) is 4. The van der Waals surface area contributed by atoms with Gasteiger partial charge in [-0.3, -0.25) is 24.9 Å². The van der Waals surface area contributed by atoms with E-state index < -0.39 is 5.97 Å². The Hall–Kier alpha value is -5.58. The van der Waals surface area contributed by atoms with Crippen molar-refractivity contribution in [2.24, 2.45) is 5.73 Å². The van der Waals surface area contributed by atoms with Crippen LogP contribution < -0.4 is 15.8 Å². The van der Waals surface area contributed by atoms with E-state index in [9.17, 15) is 14.7 Å². The molecule has 3 aromatic carbocycles. The molecule has 2 aromatic heterocycles. The minimum absolute atomic E-state index is 0.0291. The van der Waals surface area contributed by atoms with Gasteiger partial charge in [0.1, 0.15) is 11.6 Å².